The van der Waals surface area contributed by atoms with Gasteiger partial charge in [-0.05, 0) is 44.4 Å². The van der Waals surface area contributed by atoms with E-state index in [1.165, 1.54) is 6.07 Å². The number of benzene rings is 1. The summed E-state index contributed by atoms with van der Waals surface area (Å²) in [5, 5.41) is 12.8. The molecule has 0 aromatic heterocycles. The molecule has 0 fully saturated rings. The summed E-state index contributed by atoms with van der Waals surface area (Å²) >= 11 is 0. The Morgan fingerprint density at radius 3 is 2.90 bits per heavy atom. The highest BCUT2D eigenvalue weighted by molar-refractivity contribution is 5.89. The number of carbonyl (C=O) groups is 2. The topological polar surface area (TPSA) is 75.6 Å². The van der Waals surface area contributed by atoms with Crippen molar-refractivity contribution in [2.75, 3.05) is 6.61 Å². The van der Waals surface area contributed by atoms with Crippen LogP contribution in [-0.4, -0.2) is 24.0 Å². The molecule has 5 heteroatoms. The molecule has 1 unspecified atom stereocenters. The number of phenolic OH excluding ortho intramolecular Hbond substituents is 1. The molecule has 1 aromatic carbocycles. The first-order valence-electron chi connectivity index (χ1n) is 6.98. The van der Waals surface area contributed by atoms with E-state index in [2.05, 4.69) is 5.32 Å². The van der Waals surface area contributed by atoms with E-state index in [1.807, 2.05) is 6.92 Å². The molecule has 2 N–H and O–H groups in total. The van der Waals surface area contributed by atoms with Crippen LogP contribution in [0.4, 0.5) is 0 Å². The summed E-state index contributed by atoms with van der Waals surface area (Å²) in [7, 11) is 0. The molecule has 112 valence electrons. The maximum absolute atomic E-state index is 11.8. The second kappa shape index (κ2) is 6.43. The second-order valence-corrected chi connectivity index (χ2v) is 5.00. The SMILES string of the molecule is CCOC(=O)C1=C(C)NC(c2ccc(O)c(C=O)c2)CC1. The zero-order valence-corrected chi connectivity index (χ0v) is 12.2. The summed E-state index contributed by atoms with van der Waals surface area (Å²) < 4.78 is 5.03. The first-order chi connectivity index (χ1) is 10.1. The third kappa shape index (κ3) is 3.24. The molecule has 1 atom stereocenters. The lowest BCUT2D eigenvalue weighted by molar-refractivity contribution is -0.138. The van der Waals surface area contributed by atoms with Crippen LogP contribution in [-0.2, 0) is 9.53 Å². The van der Waals surface area contributed by atoms with Crippen molar-refractivity contribution in [1.29, 1.82) is 0 Å². The molecule has 21 heavy (non-hydrogen) atoms. The number of hydrogen-bond donors (Lipinski definition) is 2. The van der Waals surface area contributed by atoms with E-state index in [-0.39, 0.29) is 23.3 Å². The standard InChI is InChI=1S/C16H19NO4/c1-3-21-16(20)13-5-6-14(17-10(13)2)11-4-7-15(19)12(8-11)9-18/h4,7-9,14,17,19H,3,5-6H2,1-2H3. The molecule has 0 saturated carbocycles. The number of rotatable bonds is 4. The first kappa shape index (κ1) is 15.1. The van der Waals surface area contributed by atoms with Gasteiger partial charge in [-0.2, -0.15) is 0 Å². The smallest absolute Gasteiger partial charge is 0.335 e. The number of allylic oxidation sites excluding steroid dienone is 1. The van der Waals surface area contributed by atoms with Gasteiger partial charge in [0.2, 0.25) is 0 Å². The van der Waals surface area contributed by atoms with Crippen molar-refractivity contribution in [2.24, 2.45) is 0 Å². The van der Waals surface area contributed by atoms with E-state index >= 15 is 0 Å². The van der Waals surface area contributed by atoms with Gasteiger partial charge in [-0.1, -0.05) is 6.07 Å². The van der Waals surface area contributed by atoms with E-state index < -0.39 is 0 Å². The number of nitrogens with one attached hydrogen (secondary N) is 1. The predicted octanol–water partition coefficient (Wildman–Crippen LogP) is 2.47. The fourth-order valence-corrected chi connectivity index (χ4v) is 2.50. The van der Waals surface area contributed by atoms with Crippen molar-refractivity contribution < 1.29 is 19.4 Å². The molecule has 0 aliphatic carbocycles. The number of hydrogen-bond acceptors (Lipinski definition) is 5. The van der Waals surface area contributed by atoms with Gasteiger partial charge in [0.1, 0.15) is 5.75 Å². The van der Waals surface area contributed by atoms with Crippen molar-refractivity contribution in [1.82, 2.24) is 5.32 Å². The van der Waals surface area contributed by atoms with Crippen molar-refractivity contribution >= 4 is 12.3 Å². The summed E-state index contributed by atoms with van der Waals surface area (Å²) in [5.74, 6) is -0.302. The van der Waals surface area contributed by atoms with Crippen molar-refractivity contribution in [3.8, 4) is 5.75 Å². The van der Waals surface area contributed by atoms with Crippen molar-refractivity contribution in [3.05, 3.63) is 40.6 Å². The van der Waals surface area contributed by atoms with Crippen LogP contribution in [0.5, 0.6) is 5.75 Å². The van der Waals surface area contributed by atoms with Crippen LogP contribution in [0.3, 0.4) is 0 Å². The van der Waals surface area contributed by atoms with Crippen LogP contribution in [0.2, 0.25) is 0 Å². The molecule has 1 heterocycles. The number of phenols is 1. The quantitative estimate of drug-likeness (QED) is 0.658. The third-order valence-electron chi connectivity index (χ3n) is 3.63. The molecule has 2 rings (SSSR count). The highest BCUT2D eigenvalue weighted by Crippen LogP contribution is 2.30. The number of aromatic hydroxyl groups is 1. The monoisotopic (exact) mass is 289 g/mol. The summed E-state index contributed by atoms with van der Waals surface area (Å²) in [4.78, 5) is 22.7. The maximum atomic E-state index is 11.8. The molecule has 1 aromatic rings. The van der Waals surface area contributed by atoms with Crippen molar-refractivity contribution in [2.45, 2.75) is 32.7 Å². The zero-order valence-electron chi connectivity index (χ0n) is 12.2. The Morgan fingerprint density at radius 1 is 1.52 bits per heavy atom. The van der Waals surface area contributed by atoms with Gasteiger partial charge in [-0.15, -0.1) is 0 Å². The molecule has 1 aliphatic rings. The lowest BCUT2D eigenvalue weighted by atomic mass is 9.93. The van der Waals surface area contributed by atoms with Crippen LogP contribution in [0.25, 0.3) is 0 Å². The highest BCUT2D eigenvalue weighted by Gasteiger charge is 2.24. The highest BCUT2D eigenvalue weighted by atomic mass is 16.5. The number of carbonyl (C=O) groups excluding carboxylic acids is 2. The normalized spacial score (nSPS) is 18.1. The fraction of sp³-hybridized carbons (Fsp3) is 0.375. The number of esters is 1. The minimum atomic E-state index is -0.278. The zero-order chi connectivity index (χ0) is 15.4. The molecule has 0 spiro atoms. The predicted molar refractivity (Wildman–Crippen MR) is 77.9 cm³/mol. The Balaban J connectivity index is 2.19. The Bertz CT molecular complexity index is 592. The van der Waals surface area contributed by atoms with Gasteiger partial charge < -0.3 is 15.2 Å². The van der Waals surface area contributed by atoms with E-state index in [4.69, 9.17) is 4.74 Å². The first-order valence-corrected chi connectivity index (χ1v) is 6.98. The van der Waals surface area contributed by atoms with Gasteiger partial charge in [0.15, 0.2) is 6.29 Å². The Morgan fingerprint density at radius 2 is 2.29 bits per heavy atom. The summed E-state index contributed by atoms with van der Waals surface area (Å²) in [6, 6.07) is 4.98. The minimum absolute atomic E-state index is 0.0162. The molecule has 0 bridgehead atoms. The van der Waals surface area contributed by atoms with Crippen LogP contribution in [0, 0.1) is 0 Å². The van der Waals surface area contributed by atoms with E-state index in [1.54, 1.807) is 19.1 Å². The lowest BCUT2D eigenvalue weighted by Gasteiger charge is -2.27. The van der Waals surface area contributed by atoms with Crippen LogP contribution < -0.4 is 5.32 Å². The third-order valence-corrected chi connectivity index (χ3v) is 3.63. The average Bonchev–Trinajstić information content (AvgIpc) is 2.47. The van der Waals surface area contributed by atoms with Gasteiger partial charge in [0, 0.05) is 5.70 Å². The van der Waals surface area contributed by atoms with Gasteiger partial charge in [-0.3, -0.25) is 4.79 Å². The molecule has 0 amide bonds. The molecule has 0 saturated heterocycles. The molecule has 5 nitrogen and oxygen atoms in total. The molecular weight excluding hydrogens is 270 g/mol. The Kier molecular flexibility index (Phi) is 4.62. The largest absolute Gasteiger partial charge is 0.507 e. The second-order valence-electron chi connectivity index (χ2n) is 5.00. The van der Waals surface area contributed by atoms with Crippen LogP contribution in [0.15, 0.2) is 29.5 Å². The Labute approximate surface area is 123 Å². The van der Waals surface area contributed by atoms with Gasteiger partial charge in [0.05, 0.1) is 23.8 Å². The molecular formula is C16H19NO4. The molecule has 0 radical (unpaired) electrons. The van der Waals surface area contributed by atoms with Gasteiger partial charge in [0.25, 0.3) is 0 Å². The van der Waals surface area contributed by atoms with Gasteiger partial charge in [-0.25, -0.2) is 4.79 Å². The number of aldehydes is 1. The van der Waals surface area contributed by atoms with Crippen LogP contribution in [0.1, 0.15) is 48.7 Å². The molecule has 1 aliphatic heterocycles. The summed E-state index contributed by atoms with van der Waals surface area (Å²) in [6.45, 7) is 3.99. The van der Waals surface area contributed by atoms with Gasteiger partial charge >= 0.3 is 5.97 Å². The summed E-state index contributed by atoms with van der Waals surface area (Å²) in [6.07, 6.45) is 1.99. The van der Waals surface area contributed by atoms with Crippen molar-refractivity contribution in [3.63, 3.8) is 0 Å². The lowest BCUT2D eigenvalue weighted by Crippen LogP contribution is -2.28. The fourth-order valence-electron chi connectivity index (χ4n) is 2.50. The maximum Gasteiger partial charge on any atom is 0.335 e. The summed E-state index contributed by atoms with van der Waals surface area (Å²) in [5.41, 5.74) is 2.65. The minimum Gasteiger partial charge on any atom is -0.507 e. The van der Waals surface area contributed by atoms with E-state index in [0.717, 1.165) is 17.7 Å². The number of ether oxygens (including phenoxy) is 1. The van der Waals surface area contributed by atoms with E-state index in [0.29, 0.717) is 24.9 Å². The van der Waals surface area contributed by atoms with Crippen LogP contribution >= 0.6 is 0 Å². The Hall–Kier alpha value is -2.30. The average molecular weight is 289 g/mol. The van der Waals surface area contributed by atoms with E-state index in [9.17, 15) is 14.7 Å².